The summed E-state index contributed by atoms with van der Waals surface area (Å²) in [5.74, 6) is 1.58. The third-order valence-corrected chi connectivity index (χ3v) is 4.22. The molecule has 1 aliphatic heterocycles. The molecular formula is C16H17NO3S. The highest BCUT2D eigenvalue weighted by atomic mass is 32.1. The zero-order valence-corrected chi connectivity index (χ0v) is 12.7. The number of carbonyl (C=O) groups is 1. The van der Waals surface area contributed by atoms with Gasteiger partial charge in [0.05, 0.1) is 13.0 Å². The highest BCUT2D eigenvalue weighted by molar-refractivity contribution is 7.09. The summed E-state index contributed by atoms with van der Waals surface area (Å²) in [5, 5.41) is 2.02. The molecule has 0 atom stereocenters. The molecule has 4 nitrogen and oxygen atoms in total. The van der Waals surface area contributed by atoms with Crippen molar-refractivity contribution in [1.82, 2.24) is 4.90 Å². The van der Waals surface area contributed by atoms with Crippen molar-refractivity contribution in [2.24, 2.45) is 0 Å². The van der Waals surface area contributed by atoms with E-state index in [0.29, 0.717) is 26.2 Å². The fraction of sp³-hybridized carbons (Fsp3) is 0.312. The van der Waals surface area contributed by atoms with Crippen LogP contribution in [0.3, 0.4) is 0 Å². The number of carbonyl (C=O) groups excluding carboxylic acids is 1. The van der Waals surface area contributed by atoms with Gasteiger partial charge in [-0.1, -0.05) is 12.1 Å². The summed E-state index contributed by atoms with van der Waals surface area (Å²) in [5.41, 5.74) is 0.947. The fourth-order valence-corrected chi connectivity index (χ4v) is 2.99. The van der Waals surface area contributed by atoms with Crippen LogP contribution in [-0.4, -0.2) is 31.1 Å². The smallest absolute Gasteiger partial charge is 0.227 e. The van der Waals surface area contributed by atoms with Gasteiger partial charge in [0.25, 0.3) is 0 Å². The number of hydrogen-bond donors (Lipinski definition) is 0. The van der Waals surface area contributed by atoms with Gasteiger partial charge in [0.2, 0.25) is 5.91 Å². The molecule has 0 saturated carbocycles. The van der Waals surface area contributed by atoms with E-state index in [9.17, 15) is 4.79 Å². The topological polar surface area (TPSA) is 38.8 Å². The van der Waals surface area contributed by atoms with Crippen molar-refractivity contribution in [3.05, 3.63) is 46.2 Å². The molecule has 5 heteroatoms. The Bertz CT molecular complexity index is 624. The molecule has 0 saturated heterocycles. The van der Waals surface area contributed by atoms with Crippen LogP contribution in [0.4, 0.5) is 0 Å². The van der Waals surface area contributed by atoms with E-state index < -0.39 is 0 Å². The normalized spacial score (nSPS) is 13.0. The summed E-state index contributed by atoms with van der Waals surface area (Å²) in [7, 11) is 1.83. The highest BCUT2D eigenvalue weighted by Gasteiger charge is 2.15. The van der Waals surface area contributed by atoms with Crippen LogP contribution < -0.4 is 9.47 Å². The minimum Gasteiger partial charge on any atom is -0.486 e. The predicted octanol–water partition coefficient (Wildman–Crippen LogP) is 2.72. The molecule has 1 amide bonds. The standard InChI is InChI=1S/C16H17NO3S/c1-17(11-13-3-2-8-21-13)16(18)10-12-4-5-14-15(9-12)20-7-6-19-14/h2-5,8-9H,6-7,10-11H2,1H3. The molecule has 0 radical (unpaired) electrons. The summed E-state index contributed by atoms with van der Waals surface area (Å²) in [4.78, 5) is 15.2. The van der Waals surface area contributed by atoms with E-state index in [1.54, 1.807) is 16.2 Å². The largest absolute Gasteiger partial charge is 0.486 e. The average Bonchev–Trinajstić information content (AvgIpc) is 3.00. The van der Waals surface area contributed by atoms with Gasteiger partial charge in [-0.25, -0.2) is 0 Å². The molecule has 1 aromatic carbocycles. The van der Waals surface area contributed by atoms with Crippen molar-refractivity contribution < 1.29 is 14.3 Å². The lowest BCUT2D eigenvalue weighted by molar-refractivity contribution is -0.129. The number of fused-ring (bicyclic) bond motifs is 1. The van der Waals surface area contributed by atoms with Gasteiger partial charge < -0.3 is 14.4 Å². The number of hydrogen-bond acceptors (Lipinski definition) is 4. The first kappa shape index (κ1) is 13.9. The number of likely N-dealkylation sites (N-methyl/N-ethyl adjacent to an activating group) is 1. The van der Waals surface area contributed by atoms with Crippen molar-refractivity contribution in [3.63, 3.8) is 0 Å². The first-order valence-electron chi connectivity index (χ1n) is 6.87. The number of thiophene rings is 1. The summed E-state index contributed by atoms with van der Waals surface area (Å²) in [6, 6.07) is 9.73. The van der Waals surface area contributed by atoms with Crippen molar-refractivity contribution in [1.29, 1.82) is 0 Å². The Labute approximate surface area is 127 Å². The van der Waals surface area contributed by atoms with Gasteiger partial charge >= 0.3 is 0 Å². The SMILES string of the molecule is CN(Cc1cccs1)C(=O)Cc1ccc2c(c1)OCCO2. The zero-order valence-electron chi connectivity index (χ0n) is 11.9. The van der Waals surface area contributed by atoms with Crippen molar-refractivity contribution >= 4 is 17.2 Å². The minimum atomic E-state index is 0.0973. The monoisotopic (exact) mass is 303 g/mol. The van der Waals surface area contributed by atoms with E-state index in [-0.39, 0.29) is 5.91 Å². The van der Waals surface area contributed by atoms with Crippen LogP contribution in [0.15, 0.2) is 35.7 Å². The molecule has 0 aliphatic carbocycles. The van der Waals surface area contributed by atoms with Gasteiger partial charge in [-0.05, 0) is 29.1 Å². The van der Waals surface area contributed by atoms with E-state index >= 15 is 0 Å². The quantitative estimate of drug-likeness (QED) is 0.872. The second kappa shape index (κ2) is 6.18. The molecule has 0 N–H and O–H groups in total. The molecule has 110 valence electrons. The lowest BCUT2D eigenvalue weighted by atomic mass is 10.1. The zero-order chi connectivity index (χ0) is 14.7. The average molecular weight is 303 g/mol. The minimum absolute atomic E-state index is 0.0973. The molecule has 2 aromatic rings. The number of rotatable bonds is 4. The van der Waals surface area contributed by atoms with Gasteiger partial charge in [0.1, 0.15) is 13.2 Å². The first-order valence-corrected chi connectivity index (χ1v) is 7.75. The van der Waals surface area contributed by atoms with Gasteiger partial charge in [-0.3, -0.25) is 4.79 Å². The Hall–Kier alpha value is -2.01. The first-order chi connectivity index (χ1) is 10.2. The van der Waals surface area contributed by atoms with Gasteiger partial charge in [0, 0.05) is 11.9 Å². The maximum Gasteiger partial charge on any atom is 0.227 e. The molecule has 0 spiro atoms. The van der Waals surface area contributed by atoms with Crippen molar-refractivity contribution in [2.45, 2.75) is 13.0 Å². The van der Waals surface area contributed by atoms with Gasteiger partial charge in [-0.15, -0.1) is 11.3 Å². The highest BCUT2D eigenvalue weighted by Crippen LogP contribution is 2.31. The lowest BCUT2D eigenvalue weighted by Gasteiger charge is -2.20. The number of nitrogens with zero attached hydrogens (tertiary/aromatic N) is 1. The maximum absolute atomic E-state index is 12.3. The van der Waals surface area contributed by atoms with E-state index in [1.165, 1.54) is 4.88 Å². The molecule has 1 aliphatic rings. The predicted molar refractivity (Wildman–Crippen MR) is 81.9 cm³/mol. The number of amides is 1. The molecule has 0 bridgehead atoms. The van der Waals surface area contributed by atoms with Crippen LogP contribution in [0.2, 0.25) is 0 Å². The van der Waals surface area contributed by atoms with Crippen LogP contribution in [-0.2, 0) is 17.8 Å². The molecule has 3 rings (SSSR count). The molecular weight excluding hydrogens is 286 g/mol. The van der Waals surface area contributed by atoms with Gasteiger partial charge in [0.15, 0.2) is 11.5 Å². The second-order valence-electron chi connectivity index (χ2n) is 4.98. The Morgan fingerprint density at radius 3 is 2.81 bits per heavy atom. The lowest BCUT2D eigenvalue weighted by Crippen LogP contribution is -2.27. The Morgan fingerprint density at radius 2 is 2.05 bits per heavy atom. The molecule has 0 unspecified atom stereocenters. The van der Waals surface area contributed by atoms with Crippen LogP contribution in [0.25, 0.3) is 0 Å². The van der Waals surface area contributed by atoms with E-state index in [4.69, 9.17) is 9.47 Å². The van der Waals surface area contributed by atoms with E-state index in [1.807, 2.05) is 42.8 Å². The third-order valence-electron chi connectivity index (χ3n) is 3.36. The Kier molecular flexibility index (Phi) is 4.10. The number of benzene rings is 1. The summed E-state index contributed by atoms with van der Waals surface area (Å²) in [6.07, 6.45) is 0.374. The second-order valence-corrected chi connectivity index (χ2v) is 6.02. The maximum atomic E-state index is 12.3. The summed E-state index contributed by atoms with van der Waals surface area (Å²) < 4.78 is 11.0. The van der Waals surface area contributed by atoms with Crippen LogP contribution in [0.5, 0.6) is 11.5 Å². The number of ether oxygens (including phenoxy) is 2. The van der Waals surface area contributed by atoms with Crippen LogP contribution in [0.1, 0.15) is 10.4 Å². The van der Waals surface area contributed by atoms with Crippen LogP contribution >= 0.6 is 11.3 Å². The van der Waals surface area contributed by atoms with Crippen molar-refractivity contribution in [3.8, 4) is 11.5 Å². The van der Waals surface area contributed by atoms with Gasteiger partial charge in [-0.2, -0.15) is 0 Å². The molecule has 21 heavy (non-hydrogen) atoms. The van der Waals surface area contributed by atoms with Crippen molar-refractivity contribution in [2.75, 3.05) is 20.3 Å². The van der Waals surface area contributed by atoms with Crippen LogP contribution in [0, 0.1) is 0 Å². The molecule has 1 aromatic heterocycles. The summed E-state index contributed by atoms with van der Waals surface area (Å²) >= 11 is 1.66. The van der Waals surface area contributed by atoms with E-state index in [2.05, 4.69) is 0 Å². The van der Waals surface area contributed by atoms with E-state index in [0.717, 1.165) is 17.1 Å². The Balaban J connectivity index is 1.64. The fourth-order valence-electron chi connectivity index (χ4n) is 2.23. The molecule has 0 fully saturated rings. The summed E-state index contributed by atoms with van der Waals surface area (Å²) in [6.45, 7) is 1.79. The third kappa shape index (κ3) is 3.36. The molecule has 2 heterocycles. The Morgan fingerprint density at radius 1 is 1.24 bits per heavy atom.